The second-order valence-corrected chi connectivity index (χ2v) is 5.08. The van der Waals surface area contributed by atoms with Crippen molar-refractivity contribution in [2.24, 2.45) is 5.92 Å². The van der Waals surface area contributed by atoms with E-state index in [0.717, 1.165) is 24.7 Å². The molecule has 3 heteroatoms. The molecule has 1 fully saturated rings. The highest BCUT2D eigenvalue weighted by atomic mass is 19.1. The van der Waals surface area contributed by atoms with Gasteiger partial charge in [0.05, 0.1) is 5.70 Å². The van der Waals surface area contributed by atoms with E-state index < -0.39 is 0 Å². The third-order valence-electron chi connectivity index (χ3n) is 3.39. The fourth-order valence-corrected chi connectivity index (χ4v) is 1.94. The Morgan fingerprint density at radius 1 is 1.32 bits per heavy atom. The van der Waals surface area contributed by atoms with Crippen molar-refractivity contribution >= 4 is 6.29 Å². The monoisotopic (exact) mass is 263 g/mol. The fraction of sp³-hybridized carbons (Fsp3) is 0.438. The maximum absolute atomic E-state index is 14.4. The van der Waals surface area contributed by atoms with Gasteiger partial charge in [-0.3, -0.25) is 4.79 Å². The average Bonchev–Trinajstić information content (AvgIpc) is 3.19. The molecule has 1 aliphatic rings. The number of nitrogens with one attached hydrogen (secondary N) is 1. The molecule has 0 heterocycles. The summed E-state index contributed by atoms with van der Waals surface area (Å²) in [5.74, 6) is 0.178. The summed E-state index contributed by atoms with van der Waals surface area (Å²) < 4.78 is 14.4. The SMILES string of the molecule is C=C(C)/C(C=O)=C/C(C)=C(NC)/C(F)=C(\C)C1CC1. The lowest BCUT2D eigenvalue weighted by Crippen LogP contribution is -2.10. The molecule has 0 aromatic carbocycles. The summed E-state index contributed by atoms with van der Waals surface area (Å²) in [6.45, 7) is 9.12. The van der Waals surface area contributed by atoms with Crippen molar-refractivity contribution in [1.82, 2.24) is 5.32 Å². The molecule has 0 radical (unpaired) electrons. The van der Waals surface area contributed by atoms with Crippen LogP contribution in [0.2, 0.25) is 0 Å². The zero-order valence-corrected chi connectivity index (χ0v) is 12.1. The van der Waals surface area contributed by atoms with Crippen LogP contribution in [0.15, 0.2) is 46.5 Å². The molecule has 1 saturated carbocycles. The summed E-state index contributed by atoms with van der Waals surface area (Å²) in [5.41, 5.74) is 3.10. The Bertz CT molecular complexity index is 479. The molecule has 1 aliphatic carbocycles. The molecule has 1 N–H and O–H groups in total. The van der Waals surface area contributed by atoms with Gasteiger partial charge >= 0.3 is 0 Å². The standard InChI is InChI=1S/C16H22FNO/c1-10(2)14(9-19)8-11(3)16(18-5)15(17)12(4)13-6-7-13/h8-9,13,18H,1,6-7H2,2-5H3/b14-8+,15-12-,16-11-. The molecular formula is C16H22FNO. The van der Waals surface area contributed by atoms with E-state index in [1.54, 1.807) is 27.0 Å². The first kappa shape index (κ1) is 15.4. The zero-order chi connectivity index (χ0) is 14.6. The van der Waals surface area contributed by atoms with Crippen molar-refractivity contribution in [1.29, 1.82) is 0 Å². The van der Waals surface area contributed by atoms with Crippen LogP contribution in [0.25, 0.3) is 0 Å². The summed E-state index contributed by atoms with van der Waals surface area (Å²) in [5, 5.41) is 2.89. The van der Waals surface area contributed by atoms with Gasteiger partial charge in [-0.1, -0.05) is 6.58 Å². The van der Waals surface area contributed by atoms with Crippen molar-refractivity contribution in [3.8, 4) is 0 Å². The molecule has 1 rings (SSSR count). The molecule has 0 spiro atoms. The van der Waals surface area contributed by atoms with Gasteiger partial charge in [-0.25, -0.2) is 4.39 Å². The molecule has 19 heavy (non-hydrogen) atoms. The Kier molecular flexibility index (Phi) is 5.28. The minimum absolute atomic E-state index is 0.203. The molecule has 0 atom stereocenters. The van der Waals surface area contributed by atoms with Crippen LogP contribution in [0.5, 0.6) is 0 Å². The van der Waals surface area contributed by atoms with Gasteiger partial charge in [-0.15, -0.1) is 0 Å². The highest BCUT2D eigenvalue weighted by molar-refractivity contribution is 5.80. The Morgan fingerprint density at radius 2 is 1.89 bits per heavy atom. The van der Waals surface area contributed by atoms with Gasteiger partial charge < -0.3 is 5.32 Å². The molecule has 0 saturated heterocycles. The van der Waals surface area contributed by atoms with Crippen molar-refractivity contribution in [3.63, 3.8) is 0 Å². The molecular weight excluding hydrogens is 241 g/mol. The Balaban J connectivity index is 3.18. The molecule has 0 aromatic rings. The van der Waals surface area contributed by atoms with Crippen LogP contribution in [0.1, 0.15) is 33.6 Å². The number of allylic oxidation sites excluding steroid dienone is 6. The lowest BCUT2D eigenvalue weighted by molar-refractivity contribution is -0.104. The van der Waals surface area contributed by atoms with E-state index in [0.29, 0.717) is 28.3 Å². The van der Waals surface area contributed by atoms with Crippen molar-refractivity contribution < 1.29 is 9.18 Å². The summed E-state index contributed by atoms with van der Waals surface area (Å²) >= 11 is 0. The highest BCUT2D eigenvalue weighted by Gasteiger charge is 2.27. The minimum Gasteiger partial charge on any atom is -0.386 e. The third kappa shape index (κ3) is 3.91. The van der Waals surface area contributed by atoms with Crippen LogP contribution < -0.4 is 5.32 Å². The fourth-order valence-electron chi connectivity index (χ4n) is 1.94. The number of carbonyl (C=O) groups excluding carboxylic acids is 1. The molecule has 104 valence electrons. The maximum Gasteiger partial charge on any atom is 0.150 e. The first-order chi connectivity index (χ1) is 8.92. The molecule has 0 amide bonds. The van der Waals surface area contributed by atoms with Gasteiger partial charge in [-0.05, 0) is 62.3 Å². The summed E-state index contributed by atoms with van der Waals surface area (Å²) in [6, 6.07) is 0. The normalized spacial score (nSPS) is 18.5. The van der Waals surface area contributed by atoms with E-state index >= 15 is 0 Å². The average molecular weight is 263 g/mol. The Labute approximate surface area is 114 Å². The van der Waals surface area contributed by atoms with Crippen LogP contribution in [0.3, 0.4) is 0 Å². The Hall–Kier alpha value is -1.64. The number of hydrogen-bond donors (Lipinski definition) is 1. The molecule has 0 unspecified atom stereocenters. The van der Waals surface area contributed by atoms with Gasteiger partial charge in [0, 0.05) is 12.6 Å². The molecule has 0 bridgehead atoms. The summed E-state index contributed by atoms with van der Waals surface area (Å²) in [4.78, 5) is 10.9. The minimum atomic E-state index is -0.203. The van der Waals surface area contributed by atoms with E-state index in [1.165, 1.54) is 0 Å². The first-order valence-electron chi connectivity index (χ1n) is 6.50. The second-order valence-electron chi connectivity index (χ2n) is 5.08. The second kappa shape index (κ2) is 6.50. The number of likely N-dealkylation sites (N-methyl/N-ethyl adjacent to an activating group) is 1. The third-order valence-corrected chi connectivity index (χ3v) is 3.39. The van der Waals surface area contributed by atoms with Gasteiger partial charge in [0.1, 0.15) is 12.1 Å². The van der Waals surface area contributed by atoms with Gasteiger partial charge in [-0.2, -0.15) is 0 Å². The lowest BCUT2D eigenvalue weighted by atomic mass is 10.0. The smallest absolute Gasteiger partial charge is 0.150 e. The largest absolute Gasteiger partial charge is 0.386 e. The number of hydrogen-bond acceptors (Lipinski definition) is 2. The quantitative estimate of drug-likeness (QED) is 0.448. The number of aldehydes is 1. The predicted molar refractivity (Wildman–Crippen MR) is 77.3 cm³/mol. The van der Waals surface area contributed by atoms with Crippen LogP contribution in [0, 0.1) is 5.92 Å². The predicted octanol–water partition coefficient (Wildman–Crippen LogP) is 3.83. The lowest BCUT2D eigenvalue weighted by Gasteiger charge is -2.11. The van der Waals surface area contributed by atoms with E-state index in [9.17, 15) is 9.18 Å². The number of rotatable bonds is 6. The number of halogens is 1. The van der Waals surface area contributed by atoms with Crippen LogP contribution in [-0.2, 0) is 4.79 Å². The van der Waals surface area contributed by atoms with E-state index in [-0.39, 0.29) is 5.83 Å². The van der Waals surface area contributed by atoms with E-state index in [2.05, 4.69) is 11.9 Å². The van der Waals surface area contributed by atoms with Crippen molar-refractivity contribution in [2.75, 3.05) is 7.05 Å². The van der Waals surface area contributed by atoms with E-state index in [4.69, 9.17) is 0 Å². The Morgan fingerprint density at radius 3 is 2.26 bits per heavy atom. The van der Waals surface area contributed by atoms with Crippen LogP contribution >= 0.6 is 0 Å². The van der Waals surface area contributed by atoms with Crippen molar-refractivity contribution in [3.05, 3.63) is 46.5 Å². The van der Waals surface area contributed by atoms with Crippen LogP contribution in [0.4, 0.5) is 4.39 Å². The van der Waals surface area contributed by atoms with Gasteiger partial charge in [0.25, 0.3) is 0 Å². The molecule has 0 aromatic heterocycles. The number of carbonyl (C=O) groups is 1. The summed E-state index contributed by atoms with van der Waals surface area (Å²) in [7, 11) is 1.69. The van der Waals surface area contributed by atoms with Crippen LogP contribution in [-0.4, -0.2) is 13.3 Å². The molecule has 2 nitrogen and oxygen atoms in total. The van der Waals surface area contributed by atoms with Gasteiger partial charge in [0.2, 0.25) is 0 Å². The molecule has 0 aliphatic heterocycles. The van der Waals surface area contributed by atoms with E-state index in [1.807, 2.05) is 6.92 Å². The first-order valence-corrected chi connectivity index (χ1v) is 6.50. The zero-order valence-electron chi connectivity index (χ0n) is 12.1. The maximum atomic E-state index is 14.4. The summed E-state index contributed by atoms with van der Waals surface area (Å²) in [6.07, 6.45) is 4.54. The van der Waals surface area contributed by atoms with Crippen molar-refractivity contribution in [2.45, 2.75) is 33.6 Å². The van der Waals surface area contributed by atoms with Gasteiger partial charge in [0.15, 0.2) is 0 Å². The topological polar surface area (TPSA) is 29.1 Å². The highest BCUT2D eigenvalue weighted by Crippen LogP contribution is 2.39.